The molecule has 33 heavy (non-hydrogen) atoms. The molecular formula is C24H25FN2O5S. The lowest BCUT2D eigenvalue weighted by molar-refractivity contribution is 0.0917. The van der Waals surface area contributed by atoms with Crippen LogP contribution in [0.3, 0.4) is 0 Å². The predicted molar refractivity (Wildman–Crippen MR) is 127 cm³/mol. The second kappa shape index (κ2) is 11.4. The van der Waals surface area contributed by atoms with E-state index >= 15 is 0 Å². The SMILES string of the molecule is COC[C@H](C)Oc1cc(/C=C/c2ccc(OC)c(OC)c2)cc(C(=O)Nc2ncc(F)s2)c1. The van der Waals surface area contributed by atoms with Crippen molar-refractivity contribution in [2.45, 2.75) is 13.0 Å². The smallest absolute Gasteiger partial charge is 0.257 e. The molecule has 0 unspecified atom stereocenters. The average Bonchev–Trinajstić information content (AvgIpc) is 3.21. The van der Waals surface area contributed by atoms with Crippen molar-refractivity contribution in [1.82, 2.24) is 4.98 Å². The number of halogens is 1. The first kappa shape index (κ1) is 24.2. The number of hydrogen-bond acceptors (Lipinski definition) is 7. The monoisotopic (exact) mass is 472 g/mol. The van der Waals surface area contributed by atoms with Crippen molar-refractivity contribution in [1.29, 1.82) is 0 Å². The van der Waals surface area contributed by atoms with Gasteiger partial charge in [0.25, 0.3) is 5.91 Å². The maximum absolute atomic E-state index is 13.2. The molecule has 3 rings (SSSR count). The van der Waals surface area contributed by atoms with Crippen molar-refractivity contribution >= 4 is 34.5 Å². The van der Waals surface area contributed by atoms with Gasteiger partial charge in [0.05, 0.1) is 27.0 Å². The minimum absolute atomic E-state index is 0.180. The highest BCUT2D eigenvalue weighted by Gasteiger charge is 2.13. The molecule has 1 heterocycles. The molecule has 0 saturated carbocycles. The molecule has 3 aromatic rings. The molecule has 0 aliphatic rings. The first-order chi connectivity index (χ1) is 15.9. The molecule has 0 aliphatic heterocycles. The molecule has 0 radical (unpaired) electrons. The number of aromatic nitrogens is 1. The Morgan fingerprint density at radius 3 is 2.52 bits per heavy atom. The Morgan fingerprint density at radius 1 is 1.09 bits per heavy atom. The summed E-state index contributed by atoms with van der Waals surface area (Å²) >= 11 is 0.757. The largest absolute Gasteiger partial charge is 0.493 e. The lowest BCUT2D eigenvalue weighted by atomic mass is 10.1. The van der Waals surface area contributed by atoms with E-state index < -0.39 is 11.0 Å². The van der Waals surface area contributed by atoms with Gasteiger partial charge in [-0.05, 0) is 48.4 Å². The number of anilines is 1. The molecule has 0 spiro atoms. The summed E-state index contributed by atoms with van der Waals surface area (Å²) in [6.45, 7) is 2.26. The number of nitrogens with one attached hydrogen (secondary N) is 1. The van der Waals surface area contributed by atoms with Gasteiger partial charge in [-0.3, -0.25) is 10.1 Å². The molecule has 2 aromatic carbocycles. The third-order valence-corrected chi connectivity index (χ3v) is 5.20. The van der Waals surface area contributed by atoms with Gasteiger partial charge in [0.1, 0.15) is 11.9 Å². The first-order valence-corrected chi connectivity index (χ1v) is 10.9. The van der Waals surface area contributed by atoms with Crippen LogP contribution in [0, 0.1) is 5.13 Å². The van der Waals surface area contributed by atoms with Crippen molar-refractivity contribution < 1.29 is 28.1 Å². The number of benzene rings is 2. The van der Waals surface area contributed by atoms with E-state index in [1.807, 2.05) is 43.3 Å². The molecule has 1 N–H and O–H groups in total. The zero-order valence-electron chi connectivity index (χ0n) is 18.8. The minimum Gasteiger partial charge on any atom is -0.493 e. The molecule has 0 fully saturated rings. The van der Waals surface area contributed by atoms with Crippen LogP contribution in [0.25, 0.3) is 12.2 Å². The molecule has 0 aliphatic carbocycles. The molecule has 1 aromatic heterocycles. The number of carbonyl (C=O) groups is 1. The van der Waals surface area contributed by atoms with Crippen molar-refractivity contribution in [2.75, 3.05) is 33.3 Å². The number of amides is 1. The second-order valence-corrected chi connectivity index (χ2v) is 8.03. The number of rotatable bonds is 10. The summed E-state index contributed by atoms with van der Waals surface area (Å²) in [7, 11) is 4.75. The van der Waals surface area contributed by atoms with Crippen LogP contribution in [0.15, 0.2) is 42.6 Å². The third-order valence-electron chi connectivity index (χ3n) is 4.50. The van der Waals surface area contributed by atoms with Crippen LogP contribution in [-0.2, 0) is 4.74 Å². The van der Waals surface area contributed by atoms with Crippen LogP contribution in [-0.4, -0.2) is 44.9 Å². The second-order valence-electron chi connectivity index (χ2n) is 7.05. The predicted octanol–water partition coefficient (Wildman–Crippen LogP) is 5.14. The van der Waals surface area contributed by atoms with Crippen molar-refractivity contribution in [3.05, 3.63) is 64.4 Å². The Kier molecular flexibility index (Phi) is 8.39. The lowest BCUT2D eigenvalue weighted by Gasteiger charge is -2.15. The number of ether oxygens (including phenoxy) is 4. The van der Waals surface area contributed by atoms with E-state index in [2.05, 4.69) is 10.3 Å². The maximum Gasteiger partial charge on any atom is 0.257 e. The van der Waals surface area contributed by atoms with Gasteiger partial charge in [-0.25, -0.2) is 4.98 Å². The molecule has 174 valence electrons. The van der Waals surface area contributed by atoms with Crippen LogP contribution < -0.4 is 19.5 Å². The van der Waals surface area contributed by atoms with Gasteiger partial charge >= 0.3 is 0 Å². The number of methoxy groups -OCH3 is 3. The van der Waals surface area contributed by atoms with Gasteiger partial charge in [-0.1, -0.05) is 29.6 Å². The molecule has 1 amide bonds. The fourth-order valence-corrected chi connectivity index (χ4v) is 3.59. The van der Waals surface area contributed by atoms with E-state index in [0.29, 0.717) is 29.4 Å². The molecule has 7 nitrogen and oxygen atoms in total. The number of thiazole rings is 1. The van der Waals surface area contributed by atoms with Crippen molar-refractivity contribution in [3.8, 4) is 17.2 Å². The van der Waals surface area contributed by atoms with Crippen molar-refractivity contribution in [2.24, 2.45) is 0 Å². The fraction of sp³-hybridized carbons (Fsp3) is 0.250. The van der Waals surface area contributed by atoms with E-state index in [1.165, 1.54) is 0 Å². The molecule has 0 saturated heterocycles. The zero-order chi connectivity index (χ0) is 23.8. The first-order valence-electron chi connectivity index (χ1n) is 10.0. The van der Waals surface area contributed by atoms with Crippen LogP contribution in [0.4, 0.5) is 9.52 Å². The number of hydrogen-bond donors (Lipinski definition) is 1. The summed E-state index contributed by atoms with van der Waals surface area (Å²) in [5.41, 5.74) is 1.97. The molecule has 1 atom stereocenters. The van der Waals surface area contributed by atoms with Crippen LogP contribution in [0.2, 0.25) is 0 Å². The standard InChI is InChI=1S/C24H25FN2O5S/c1-15(14-29-2)32-19-10-17(6-5-16-7-8-20(30-3)21(11-16)31-4)9-18(12-19)23(28)27-24-26-13-22(25)33-24/h5-13,15H,14H2,1-4H3,(H,26,27,28)/b6-5+/t15-/m0/s1. The fourth-order valence-electron chi connectivity index (χ4n) is 3.05. The van der Waals surface area contributed by atoms with E-state index in [-0.39, 0.29) is 11.2 Å². The Labute approximate surface area is 195 Å². The van der Waals surface area contributed by atoms with Gasteiger partial charge in [-0.15, -0.1) is 0 Å². The topological polar surface area (TPSA) is 78.9 Å². The van der Waals surface area contributed by atoms with E-state index in [9.17, 15) is 9.18 Å². The van der Waals surface area contributed by atoms with E-state index in [4.69, 9.17) is 18.9 Å². The average molecular weight is 473 g/mol. The Bertz CT molecular complexity index is 1130. The quantitative estimate of drug-likeness (QED) is 0.412. The van der Waals surface area contributed by atoms with Crippen LogP contribution in [0.1, 0.15) is 28.4 Å². The van der Waals surface area contributed by atoms with Crippen LogP contribution in [0.5, 0.6) is 17.2 Å². The van der Waals surface area contributed by atoms with E-state index in [1.54, 1.807) is 33.5 Å². The summed E-state index contributed by atoms with van der Waals surface area (Å²) in [6, 6.07) is 10.7. The van der Waals surface area contributed by atoms with Gasteiger partial charge < -0.3 is 18.9 Å². The van der Waals surface area contributed by atoms with Gasteiger partial charge in [0.2, 0.25) is 0 Å². The maximum atomic E-state index is 13.2. The number of carbonyl (C=O) groups excluding carboxylic acids is 1. The summed E-state index contributed by atoms with van der Waals surface area (Å²) in [5, 5.41) is 2.31. The Hall–Kier alpha value is -3.43. The summed E-state index contributed by atoms with van der Waals surface area (Å²) < 4.78 is 34.9. The summed E-state index contributed by atoms with van der Waals surface area (Å²) in [6.07, 6.45) is 4.58. The van der Waals surface area contributed by atoms with Gasteiger partial charge in [0.15, 0.2) is 21.8 Å². The van der Waals surface area contributed by atoms with E-state index in [0.717, 1.165) is 28.7 Å². The molecule has 0 bridgehead atoms. The molecule has 9 heteroatoms. The van der Waals surface area contributed by atoms with Gasteiger partial charge in [-0.2, -0.15) is 4.39 Å². The number of nitrogens with zero attached hydrogens (tertiary/aromatic N) is 1. The lowest BCUT2D eigenvalue weighted by Crippen LogP contribution is -2.18. The highest BCUT2D eigenvalue weighted by atomic mass is 32.1. The van der Waals surface area contributed by atoms with Crippen LogP contribution >= 0.6 is 11.3 Å². The van der Waals surface area contributed by atoms with Crippen molar-refractivity contribution in [3.63, 3.8) is 0 Å². The normalized spacial score (nSPS) is 11.9. The summed E-state index contributed by atoms with van der Waals surface area (Å²) in [5.74, 6) is 1.33. The molecular weight excluding hydrogens is 447 g/mol. The summed E-state index contributed by atoms with van der Waals surface area (Å²) in [4.78, 5) is 16.6. The minimum atomic E-state index is -0.477. The Morgan fingerprint density at radius 2 is 1.85 bits per heavy atom. The third kappa shape index (κ3) is 6.77. The Balaban J connectivity index is 1.89. The van der Waals surface area contributed by atoms with Gasteiger partial charge in [0, 0.05) is 12.7 Å². The highest BCUT2D eigenvalue weighted by molar-refractivity contribution is 7.14. The zero-order valence-corrected chi connectivity index (χ0v) is 19.6. The highest BCUT2D eigenvalue weighted by Crippen LogP contribution is 2.29.